The summed E-state index contributed by atoms with van der Waals surface area (Å²) in [7, 11) is 0. The maximum atomic E-state index is 11.5. The van der Waals surface area contributed by atoms with Crippen molar-refractivity contribution in [2.75, 3.05) is 12.7 Å². The highest BCUT2D eigenvalue weighted by atomic mass is 35.5. The van der Waals surface area contributed by atoms with Crippen LogP contribution in [-0.4, -0.2) is 30.8 Å². The van der Waals surface area contributed by atoms with Crippen LogP contribution in [0.4, 0.5) is 4.79 Å². The van der Waals surface area contributed by atoms with Crippen LogP contribution in [0.25, 0.3) is 0 Å². The molecule has 0 aliphatic carbocycles. The first-order valence-corrected chi connectivity index (χ1v) is 6.22. The largest absolute Gasteiger partial charge is 0.450 e. The van der Waals surface area contributed by atoms with Gasteiger partial charge in [-0.2, -0.15) is 0 Å². The molecule has 0 bridgehead atoms. The highest BCUT2D eigenvalue weighted by molar-refractivity contribution is 6.17. The zero-order valence-electron chi connectivity index (χ0n) is 10.5. The zero-order chi connectivity index (χ0) is 13.3. The summed E-state index contributed by atoms with van der Waals surface area (Å²) in [6, 6.07) is -0.961. The lowest BCUT2D eigenvalue weighted by atomic mass is 10.1. The number of alkyl carbamates (subject to hydrolysis) is 1. The summed E-state index contributed by atoms with van der Waals surface area (Å²) >= 11 is 5.30. The van der Waals surface area contributed by atoms with Crippen molar-refractivity contribution in [2.24, 2.45) is 5.92 Å². The van der Waals surface area contributed by atoms with Crippen LogP contribution in [0.2, 0.25) is 0 Å². The van der Waals surface area contributed by atoms with E-state index in [1.54, 1.807) is 13.8 Å². The van der Waals surface area contributed by atoms with Gasteiger partial charge in [0.2, 0.25) is 0 Å². The van der Waals surface area contributed by atoms with E-state index in [1.165, 1.54) is 0 Å². The Kier molecular flexibility index (Phi) is 8.58. The molecule has 0 spiro atoms. The number of rotatable bonds is 7. The van der Waals surface area contributed by atoms with Crippen molar-refractivity contribution in [3.05, 3.63) is 0 Å². The van der Waals surface area contributed by atoms with E-state index >= 15 is 0 Å². The summed E-state index contributed by atoms with van der Waals surface area (Å²) in [4.78, 5) is 22.8. The van der Waals surface area contributed by atoms with Gasteiger partial charge in [0, 0.05) is 0 Å². The fourth-order valence-corrected chi connectivity index (χ4v) is 1.23. The minimum atomic E-state index is -0.733. The van der Waals surface area contributed by atoms with E-state index in [2.05, 4.69) is 10.1 Å². The van der Waals surface area contributed by atoms with E-state index in [4.69, 9.17) is 16.3 Å². The molecule has 0 aromatic rings. The highest BCUT2D eigenvalue weighted by Crippen LogP contribution is 2.05. The van der Waals surface area contributed by atoms with Crippen LogP contribution >= 0.6 is 11.6 Å². The van der Waals surface area contributed by atoms with Crippen molar-refractivity contribution in [2.45, 2.75) is 39.7 Å². The first kappa shape index (κ1) is 16.0. The number of carbonyl (C=O) groups is 2. The number of carbonyl (C=O) groups excluding carboxylic acids is 2. The van der Waals surface area contributed by atoms with Gasteiger partial charge in [0.05, 0.1) is 6.61 Å². The van der Waals surface area contributed by atoms with Gasteiger partial charge < -0.3 is 14.8 Å². The van der Waals surface area contributed by atoms with Gasteiger partial charge in [-0.3, -0.25) is 0 Å². The molecule has 0 aliphatic heterocycles. The Labute approximate surface area is 107 Å². The topological polar surface area (TPSA) is 64.6 Å². The van der Waals surface area contributed by atoms with Gasteiger partial charge in [-0.15, -0.1) is 0 Å². The van der Waals surface area contributed by atoms with Gasteiger partial charge in [-0.25, -0.2) is 9.59 Å². The Morgan fingerprint density at radius 1 is 1.29 bits per heavy atom. The average Bonchev–Trinajstić information content (AvgIpc) is 2.26. The van der Waals surface area contributed by atoms with Gasteiger partial charge >= 0.3 is 12.1 Å². The first-order valence-electron chi connectivity index (χ1n) is 5.68. The van der Waals surface area contributed by atoms with E-state index in [0.717, 1.165) is 12.8 Å². The lowest BCUT2D eigenvalue weighted by molar-refractivity contribution is -0.145. The second kappa shape index (κ2) is 9.10. The monoisotopic (exact) mass is 265 g/mol. The summed E-state index contributed by atoms with van der Waals surface area (Å²) in [6.45, 7) is 5.94. The number of halogens is 1. The smallest absolute Gasteiger partial charge is 0.407 e. The number of ether oxygens (including phenoxy) is 2. The first-order chi connectivity index (χ1) is 8.02. The number of hydrogen-bond donors (Lipinski definition) is 1. The number of amides is 1. The molecule has 1 unspecified atom stereocenters. The standard InChI is InChI=1S/C11H20ClNO4/c1-4-5-6-16-11(15)13-9(8(2)3)10(14)17-7-12/h8-9H,4-7H2,1-3H3,(H,13,15). The molecule has 0 aromatic carbocycles. The Morgan fingerprint density at radius 3 is 2.41 bits per heavy atom. The van der Waals surface area contributed by atoms with Gasteiger partial charge in [-0.05, 0) is 12.3 Å². The van der Waals surface area contributed by atoms with Crippen LogP contribution in [0.1, 0.15) is 33.6 Å². The highest BCUT2D eigenvalue weighted by Gasteiger charge is 2.25. The molecular weight excluding hydrogens is 246 g/mol. The molecule has 0 heterocycles. The van der Waals surface area contributed by atoms with Crippen molar-refractivity contribution in [1.29, 1.82) is 0 Å². The number of alkyl halides is 1. The lowest BCUT2D eigenvalue weighted by Crippen LogP contribution is -2.45. The molecule has 100 valence electrons. The normalized spacial score (nSPS) is 12.1. The molecule has 1 N–H and O–H groups in total. The van der Waals surface area contributed by atoms with Gasteiger partial charge in [0.25, 0.3) is 0 Å². The molecule has 0 rings (SSSR count). The molecule has 1 atom stereocenters. The van der Waals surface area contributed by atoms with Crippen LogP contribution < -0.4 is 5.32 Å². The maximum Gasteiger partial charge on any atom is 0.407 e. The molecule has 0 radical (unpaired) electrons. The van der Waals surface area contributed by atoms with E-state index < -0.39 is 18.1 Å². The van der Waals surface area contributed by atoms with Crippen molar-refractivity contribution in [1.82, 2.24) is 5.32 Å². The van der Waals surface area contributed by atoms with Crippen molar-refractivity contribution in [3.8, 4) is 0 Å². The summed E-state index contributed by atoms with van der Waals surface area (Å²) in [5, 5.41) is 2.47. The Bertz CT molecular complexity index is 246. The fraction of sp³-hybridized carbons (Fsp3) is 0.818. The summed E-state index contributed by atoms with van der Waals surface area (Å²) < 4.78 is 9.55. The predicted octanol–water partition coefficient (Wildman–Crippen LogP) is 2.28. The third kappa shape index (κ3) is 7.05. The van der Waals surface area contributed by atoms with Crippen LogP contribution in [0.3, 0.4) is 0 Å². The van der Waals surface area contributed by atoms with Crippen LogP contribution in [0.5, 0.6) is 0 Å². The molecule has 0 fully saturated rings. The number of unbranched alkanes of at least 4 members (excludes halogenated alkanes) is 1. The number of esters is 1. The zero-order valence-corrected chi connectivity index (χ0v) is 11.3. The van der Waals surface area contributed by atoms with E-state index in [9.17, 15) is 9.59 Å². The van der Waals surface area contributed by atoms with Gasteiger partial charge in [0.1, 0.15) is 6.04 Å². The summed E-state index contributed by atoms with van der Waals surface area (Å²) in [5.74, 6) is -0.646. The fourth-order valence-electron chi connectivity index (χ4n) is 1.12. The molecular formula is C11H20ClNO4. The lowest BCUT2D eigenvalue weighted by Gasteiger charge is -2.19. The van der Waals surface area contributed by atoms with E-state index in [-0.39, 0.29) is 12.0 Å². The van der Waals surface area contributed by atoms with Crippen LogP contribution in [-0.2, 0) is 14.3 Å². The third-order valence-corrected chi connectivity index (χ3v) is 2.23. The van der Waals surface area contributed by atoms with Crippen molar-refractivity contribution < 1.29 is 19.1 Å². The van der Waals surface area contributed by atoms with Gasteiger partial charge in [-0.1, -0.05) is 38.8 Å². The average molecular weight is 266 g/mol. The molecule has 5 nitrogen and oxygen atoms in total. The molecule has 6 heteroatoms. The molecule has 17 heavy (non-hydrogen) atoms. The molecule has 0 saturated carbocycles. The van der Waals surface area contributed by atoms with Gasteiger partial charge in [0.15, 0.2) is 6.07 Å². The second-order valence-corrected chi connectivity index (χ2v) is 4.15. The number of hydrogen-bond acceptors (Lipinski definition) is 4. The Hall–Kier alpha value is -0.970. The van der Waals surface area contributed by atoms with E-state index in [0.29, 0.717) is 6.61 Å². The summed E-state index contributed by atoms with van der Waals surface area (Å²) in [5.41, 5.74) is 0. The predicted molar refractivity (Wildman–Crippen MR) is 64.8 cm³/mol. The van der Waals surface area contributed by atoms with Crippen LogP contribution in [0, 0.1) is 5.92 Å². The van der Waals surface area contributed by atoms with Crippen molar-refractivity contribution in [3.63, 3.8) is 0 Å². The minimum Gasteiger partial charge on any atom is -0.450 e. The quantitative estimate of drug-likeness (QED) is 0.436. The molecule has 0 saturated heterocycles. The minimum absolute atomic E-state index is 0.0931. The Morgan fingerprint density at radius 2 is 1.94 bits per heavy atom. The molecule has 1 amide bonds. The van der Waals surface area contributed by atoms with E-state index in [1.807, 2.05) is 6.92 Å². The Balaban J connectivity index is 4.15. The number of nitrogens with one attached hydrogen (secondary N) is 1. The third-order valence-electron chi connectivity index (χ3n) is 2.12. The molecule has 0 aliphatic rings. The second-order valence-electron chi connectivity index (χ2n) is 3.93. The maximum absolute atomic E-state index is 11.5. The molecule has 0 aromatic heterocycles. The van der Waals surface area contributed by atoms with Crippen LogP contribution in [0.15, 0.2) is 0 Å². The summed E-state index contributed by atoms with van der Waals surface area (Å²) in [6.07, 6.45) is 1.13. The SMILES string of the molecule is CCCCOC(=O)NC(C(=O)OCCl)C(C)C. The van der Waals surface area contributed by atoms with Crippen molar-refractivity contribution >= 4 is 23.7 Å².